The van der Waals surface area contributed by atoms with Crippen molar-refractivity contribution in [1.82, 2.24) is 4.98 Å². The summed E-state index contributed by atoms with van der Waals surface area (Å²) >= 11 is 0. The van der Waals surface area contributed by atoms with E-state index < -0.39 is 0 Å². The summed E-state index contributed by atoms with van der Waals surface area (Å²) in [5, 5.41) is 0. The third-order valence-electron chi connectivity index (χ3n) is 6.96. The fourth-order valence-electron chi connectivity index (χ4n) is 4.62. The Kier molecular flexibility index (Phi) is 6.73. The SMILES string of the molecule is C#CCC1(COC(=O)[C@@H](CCC)C2(CC/C(=C/C=C)c3cc[nH]c3C)CC2)CC1. The molecule has 0 bridgehead atoms. The first-order chi connectivity index (χ1) is 14.0. The van der Waals surface area contributed by atoms with E-state index in [2.05, 4.69) is 43.5 Å². The lowest BCUT2D eigenvalue weighted by Crippen LogP contribution is -2.29. The smallest absolute Gasteiger partial charge is 0.309 e. The minimum absolute atomic E-state index is 0.000258. The number of H-pyrrole nitrogens is 1. The number of nitrogens with one attached hydrogen (secondary N) is 1. The number of hydrogen-bond donors (Lipinski definition) is 1. The Morgan fingerprint density at radius 2 is 2.17 bits per heavy atom. The molecule has 2 aliphatic carbocycles. The minimum atomic E-state index is -0.000258. The van der Waals surface area contributed by atoms with Gasteiger partial charge in [0.25, 0.3) is 0 Å². The maximum atomic E-state index is 13.0. The molecule has 1 aromatic heterocycles. The van der Waals surface area contributed by atoms with Gasteiger partial charge in [0, 0.05) is 23.7 Å². The molecule has 0 amide bonds. The summed E-state index contributed by atoms with van der Waals surface area (Å²) in [7, 11) is 0. The number of aromatic amines is 1. The van der Waals surface area contributed by atoms with Crippen molar-refractivity contribution in [1.29, 1.82) is 0 Å². The summed E-state index contributed by atoms with van der Waals surface area (Å²) in [6.07, 6.45) is 20.5. The highest BCUT2D eigenvalue weighted by Crippen LogP contribution is 2.58. The number of aromatic nitrogens is 1. The second-order valence-corrected chi connectivity index (χ2v) is 9.14. The Balaban J connectivity index is 1.64. The van der Waals surface area contributed by atoms with Crippen LogP contribution < -0.4 is 0 Å². The van der Waals surface area contributed by atoms with Gasteiger partial charge in [-0.05, 0) is 74.5 Å². The van der Waals surface area contributed by atoms with Gasteiger partial charge in [-0.15, -0.1) is 12.3 Å². The molecule has 0 unspecified atom stereocenters. The average Bonchev–Trinajstić information content (AvgIpc) is 3.62. The minimum Gasteiger partial charge on any atom is -0.465 e. The predicted octanol–water partition coefficient (Wildman–Crippen LogP) is 6.22. The molecule has 156 valence electrons. The molecule has 0 saturated heterocycles. The van der Waals surface area contributed by atoms with Gasteiger partial charge in [-0.2, -0.15) is 0 Å². The zero-order chi connectivity index (χ0) is 20.9. The van der Waals surface area contributed by atoms with Crippen LogP contribution >= 0.6 is 0 Å². The lowest BCUT2D eigenvalue weighted by molar-refractivity contribution is -0.153. The van der Waals surface area contributed by atoms with Gasteiger partial charge >= 0.3 is 5.97 Å². The van der Waals surface area contributed by atoms with E-state index >= 15 is 0 Å². The number of allylic oxidation sites excluding steroid dienone is 3. The van der Waals surface area contributed by atoms with E-state index in [0.717, 1.165) is 57.8 Å². The molecule has 1 aromatic rings. The van der Waals surface area contributed by atoms with Crippen molar-refractivity contribution >= 4 is 11.5 Å². The molecule has 0 spiro atoms. The highest BCUT2D eigenvalue weighted by atomic mass is 16.5. The number of esters is 1. The van der Waals surface area contributed by atoms with Crippen molar-refractivity contribution in [3.63, 3.8) is 0 Å². The van der Waals surface area contributed by atoms with E-state index in [1.165, 1.54) is 16.8 Å². The number of ether oxygens (including phenoxy) is 1. The highest BCUT2D eigenvalue weighted by molar-refractivity contribution is 5.74. The van der Waals surface area contributed by atoms with Crippen LogP contribution in [0.2, 0.25) is 0 Å². The topological polar surface area (TPSA) is 42.1 Å². The van der Waals surface area contributed by atoms with Crippen molar-refractivity contribution in [2.45, 2.75) is 71.6 Å². The molecule has 2 saturated carbocycles. The van der Waals surface area contributed by atoms with Gasteiger partial charge < -0.3 is 9.72 Å². The summed E-state index contributed by atoms with van der Waals surface area (Å²) in [5.41, 5.74) is 3.89. The van der Waals surface area contributed by atoms with Gasteiger partial charge in [0.15, 0.2) is 0 Å². The monoisotopic (exact) mass is 393 g/mol. The normalized spacial score (nSPS) is 19.8. The summed E-state index contributed by atoms with van der Waals surface area (Å²) in [4.78, 5) is 16.3. The number of terminal acetylenes is 1. The maximum absolute atomic E-state index is 13.0. The first-order valence-electron chi connectivity index (χ1n) is 11.1. The Labute approximate surface area is 176 Å². The molecular weight excluding hydrogens is 358 g/mol. The van der Waals surface area contributed by atoms with Gasteiger partial charge in [-0.1, -0.05) is 32.1 Å². The third kappa shape index (κ3) is 5.04. The lowest BCUT2D eigenvalue weighted by Gasteiger charge is -2.26. The van der Waals surface area contributed by atoms with Crippen LogP contribution in [0.4, 0.5) is 0 Å². The molecule has 0 aromatic carbocycles. The number of rotatable bonds is 12. The summed E-state index contributed by atoms with van der Waals surface area (Å²) in [6, 6.07) is 2.13. The molecule has 2 fully saturated rings. The number of aryl methyl sites for hydroxylation is 1. The zero-order valence-corrected chi connectivity index (χ0v) is 18.1. The Morgan fingerprint density at radius 3 is 2.69 bits per heavy atom. The molecular formula is C26H35NO2. The van der Waals surface area contributed by atoms with Gasteiger partial charge in [0.2, 0.25) is 0 Å². The molecule has 29 heavy (non-hydrogen) atoms. The van der Waals surface area contributed by atoms with E-state index in [1.807, 2.05) is 12.3 Å². The first-order valence-corrected chi connectivity index (χ1v) is 11.1. The second kappa shape index (κ2) is 9.08. The van der Waals surface area contributed by atoms with Crippen molar-refractivity contribution in [3.05, 3.63) is 42.3 Å². The predicted molar refractivity (Wildman–Crippen MR) is 119 cm³/mol. The highest BCUT2D eigenvalue weighted by Gasteiger charge is 2.52. The fraction of sp³-hybridized carbons (Fsp3) is 0.577. The van der Waals surface area contributed by atoms with Crippen molar-refractivity contribution < 1.29 is 9.53 Å². The van der Waals surface area contributed by atoms with Crippen LogP contribution in [0.15, 0.2) is 31.0 Å². The maximum Gasteiger partial charge on any atom is 0.309 e. The van der Waals surface area contributed by atoms with Gasteiger partial charge in [0.05, 0.1) is 12.5 Å². The molecule has 1 N–H and O–H groups in total. The molecule has 2 aliphatic rings. The average molecular weight is 394 g/mol. The van der Waals surface area contributed by atoms with Crippen LogP contribution in [0, 0.1) is 36.0 Å². The van der Waals surface area contributed by atoms with Gasteiger partial charge in [-0.3, -0.25) is 4.79 Å². The van der Waals surface area contributed by atoms with Crippen LogP contribution in [-0.4, -0.2) is 17.6 Å². The second-order valence-electron chi connectivity index (χ2n) is 9.14. The van der Waals surface area contributed by atoms with E-state index in [0.29, 0.717) is 6.61 Å². The quantitative estimate of drug-likeness (QED) is 0.260. The standard InChI is InChI=1S/C26H35NO2/c1-5-8-21(22-11-18-27-20(22)4)10-13-26(16-17-26)23(9-6-2)24(28)29-19-25(12-7-3)14-15-25/h3,5,8,11,18,23,27H,1,6,9-10,12-17,19H2,2,4H3/b21-8-/t23-/m1/s1. The summed E-state index contributed by atoms with van der Waals surface area (Å²) in [5.74, 6) is 2.75. The summed E-state index contributed by atoms with van der Waals surface area (Å²) in [6.45, 7) is 8.64. The zero-order valence-electron chi connectivity index (χ0n) is 18.1. The van der Waals surface area contributed by atoms with Crippen molar-refractivity contribution in [2.24, 2.45) is 16.7 Å². The molecule has 1 heterocycles. The molecule has 3 nitrogen and oxygen atoms in total. The molecule has 3 rings (SSSR count). The van der Waals surface area contributed by atoms with E-state index in [9.17, 15) is 4.79 Å². The molecule has 0 aliphatic heterocycles. The van der Waals surface area contributed by atoms with Crippen molar-refractivity contribution in [2.75, 3.05) is 6.61 Å². The Hall–Kier alpha value is -2.21. The number of carbonyl (C=O) groups excluding carboxylic acids is 1. The van der Waals surface area contributed by atoms with Crippen LogP contribution in [0.1, 0.15) is 76.0 Å². The third-order valence-corrected chi connectivity index (χ3v) is 6.96. The summed E-state index contributed by atoms with van der Waals surface area (Å²) < 4.78 is 5.84. The van der Waals surface area contributed by atoms with Crippen LogP contribution in [-0.2, 0) is 9.53 Å². The first kappa shape index (κ1) is 21.5. The molecule has 0 radical (unpaired) electrons. The largest absolute Gasteiger partial charge is 0.465 e. The van der Waals surface area contributed by atoms with Gasteiger partial charge in [0.1, 0.15) is 0 Å². The van der Waals surface area contributed by atoms with E-state index in [4.69, 9.17) is 11.2 Å². The van der Waals surface area contributed by atoms with Crippen LogP contribution in [0.5, 0.6) is 0 Å². The van der Waals surface area contributed by atoms with Gasteiger partial charge in [-0.25, -0.2) is 0 Å². The Morgan fingerprint density at radius 1 is 1.41 bits per heavy atom. The molecule has 1 atom stereocenters. The van der Waals surface area contributed by atoms with Crippen LogP contribution in [0.25, 0.3) is 5.57 Å². The van der Waals surface area contributed by atoms with E-state index in [1.54, 1.807) is 0 Å². The van der Waals surface area contributed by atoms with E-state index in [-0.39, 0.29) is 22.7 Å². The lowest BCUT2D eigenvalue weighted by atomic mass is 9.80. The van der Waals surface area contributed by atoms with Crippen molar-refractivity contribution in [3.8, 4) is 12.3 Å². The number of carbonyl (C=O) groups is 1. The molecule has 3 heteroatoms. The number of hydrogen-bond acceptors (Lipinski definition) is 2. The van der Waals surface area contributed by atoms with Crippen LogP contribution in [0.3, 0.4) is 0 Å². The fourth-order valence-corrected chi connectivity index (χ4v) is 4.62. The Bertz CT molecular complexity index is 799.